The van der Waals surface area contributed by atoms with Crippen molar-refractivity contribution < 1.29 is 9.90 Å². The van der Waals surface area contributed by atoms with E-state index in [0.29, 0.717) is 18.5 Å². The summed E-state index contributed by atoms with van der Waals surface area (Å²) in [6, 6.07) is 0.680. The van der Waals surface area contributed by atoms with Crippen LogP contribution in [-0.4, -0.2) is 50.1 Å². The molecule has 1 saturated carbocycles. The lowest BCUT2D eigenvalue weighted by atomic mass is 10.1. The molecule has 0 amide bonds. The maximum Gasteiger partial charge on any atom is 0.358 e. The van der Waals surface area contributed by atoms with Crippen LogP contribution in [0.25, 0.3) is 0 Å². The summed E-state index contributed by atoms with van der Waals surface area (Å²) in [4.78, 5) is 13.3. The lowest BCUT2D eigenvalue weighted by molar-refractivity contribution is 0.0690. The maximum atomic E-state index is 10.8. The second kappa shape index (κ2) is 6.83. The number of hydrogen-bond donors (Lipinski definition) is 1. The van der Waals surface area contributed by atoms with E-state index in [2.05, 4.69) is 29.1 Å². The van der Waals surface area contributed by atoms with Crippen molar-refractivity contribution >= 4 is 5.97 Å². The Morgan fingerprint density at radius 1 is 1.50 bits per heavy atom. The lowest BCUT2D eigenvalue weighted by Crippen LogP contribution is -2.38. The van der Waals surface area contributed by atoms with Crippen LogP contribution in [0.2, 0.25) is 0 Å². The quantitative estimate of drug-likeness (QED) is 0.825. The molecule has 1 heterocycles. The molecular weight excluding hydrogens is 256 g/mol. The first-order chi connectivity index (χ1) is 9.56. The molecule has 1 aromatic heterocycles. The Hall–Kier alpha value is -1.43. The molecule has 6 nitrogen and oxygen atoms in total. The Morgan fingerprint density at radius 2 is 2.20 bits per heavy atom. The molecule has 0 saturated heterocycles. The number of aromatic carboxylic acids is 1. The van der Waals surface area contributed by atoms with Crippen LogP contribution < -0.4 is 0 Å². The Kier molecular flexibility index (Phi) is 5.11. The minimum Gasteiger partial charge on any atom is -0.476 e. The van der Waals surface area contributed by atoms with Gasteiger partial charge in [-0.15, -0.1) is 5.10 Å². The van der Waals surface area contributed by atoms with Gasteiger partial charge in [0.1, 0.15) is 0 Å². The highest BCUT2D eigenvalue weighted by molar-refractivity contribution is 5.84. The number of carbonyl (C=O) groups is 1. The van der Waals surface area contributed by atoms with Gasteiger partial charge in [0, 0.05) is 19.1 Å². The third-order valence-corrected chi connectivity index (χ3v) is 3.81. The zero-order chi connectivity index (χ0) is 14.5. The van der Waals surface area contributed by atoms with Crippen LogP contribution >= 0.6 is 0 Å². The fourth-order valence-corrected chi connectivity index (χ4v) is 2.90. The van der Waals surface area contributed by atoms with Gasteiger partial charge in [0.25, 0.3) is 0 Å². The number of aromatic nitrogens is 3. The Labute approximate surface area is 119 Å². The molecule has 112 valence electrons. The smallest absolute Gasteiger partial charge is 0.358 e. The third-order valence-electron chi connectivity index (χ3n) is 3.81. The molecule has 0 atom stereocenters. The monoisotopic (exact) mass is 280 g/mol. The first-order valence-electron chi connectivity index (χ1n) is 7.43. The minimum absolute atomic E-state index is 0.0151. The number of hydrogen-bond acceptors (Lipinski definition) is 4. The molecule has 1 N–H and O–H groups in total. The molecule has 6 heteroatoms. The standard InChI is InChI=1S/C14H24N4O2/c1-11(2)9-17(12-5-3-4-6-12)7-8-18-10-13(14(19)20)15-16-18/h10-12H,3-9H2,1-2H3,(H,19,20). The molecule has 0 bridgehead atoms. The van der Waals surface area contributed by atoms with Crippen LogP contribution in [-0.2, 0) is 6.54 Å². The third kappa shape index (κ3) is 4.03. The summed E-state index contributed by atoms with van der Waals surface area (Å²) in [7, 11) is 0. The Morgan fingerprint density at radius 3 is 2.75 bits per heavy atom. The van der Waals surface area contributed by atoms with Crippen molar-refractivity contribution in [3.63, 3.8) is 0 Å². The van der Waals surface area contributed by atoms with Gasteiger partial charge < -0.3 is 5.11 Å². The second-order valence-electron chi connectivity index (χ2n) is 6.00. The molecule has 0 radical (unpaired) electrons. The Balaban J connectivity index is 1.91. The van der Waals surface area contributed by atoms with Gasteiger partial charge in [-0.3, -0.25) is 9.58 Å². The van der Waals surface area contributed by atoms with Gasteiger partial charge in [-0.05, 0) is 18.8 Å². The summed E-state index contributed by atoms with van der Waals surface area (Å²) in [5.74, 6) is -0.382. The van der Waals surface area contributed by atoms with E-state index < -0.39 is 5.97 Å². The van der Waals surface area contributed by atoms with Crippen molar-refractivity contribution in [1.82, 2.24) is 19.9 Å². The summed E-state index contributed by atoms with van der Waals surface area (Å²) >= 11 is 0. The number of nitrogens with zero attached hydrogens (tertiary/aromatic N) is 4. The summed E-state index contributed by atoms with van der Waals surface area (Å²) in [5, 5.41) is 16.4. The molecule has 2 rings (SSSR count). The molecule has 20 heavy (non-hydrogen) atoms. The summed E-state index contributed by atoms with van der Waals surface area (Å²) in [5.41, 5.74) is 0.0151. The van der Waals surface area contributed by atoms with Crippen molar-refractivity contribution in [1.29, 1.82) is 0 Å². The summed E-state index contributed by atoms with van der Waals surface area (Å²) in [6.07, 6.45) is 6.72. The van der Waals surface area contributed by atoms with Gasteiger partial charge >= 0.3 is 5.97 Å². The van der Waals surface area contributed by atoms with Gasteiger partial charge in [0.15, 0.2) is 5.69 Å². The number of carboxylic acids is 1. The van der Waals surface area contributed by atoms with E-state index in [1.54, 1.807) is 4.68 Å². The van der Waals surface area contributed by atoms with Crippen LogP contribution in [0.5, 0.6) is 0 Å². The van der Waals surface area contributed by atoms with Gasteiger partial charge in [0.2, 0.25) is 0 Å². The fraction of sp³-hybridized carbons (Fsp3) is 0.786. The Bertz CT molecular complexity index is 438. The predicted octanol–water partition coefficient (Wildman–Crippen LogP) is 1.88. The highest BCUT2D eigenvalue weighted by atomic mass is 16.4. The SMILES string of the molecule is CC(C)CN(CCn1cc(C(=O)O)nn1)C1CCCC1. The summed E-state index contributed by atoms with van der Waals surface area (Å²) in [6.45, 7) is 7.17. The predicted molar refractivity (Wildman–Crippen MR) is 75.6 cm³/mol. The maximum absolute atomic E-state index is 10.8. The highest BCUT2D eigenvalue weighted by Gasteiger charge is 2.23. The number of rotatable bonds is 7. The van der Waals surface area contributed by atoms with Crippen LogP contribution in [0.15, 0.2) is 6.20 Å². The average Bonchev–Trinajstić information content (AvgIpc) is 3.05. The molecular formula is C14H24N4O2. The van der Waals surface area contributed by atoms with Crippen molar-refractivity contribution in [2.75, 3.05) is 13.1 Å². The largest absolute Gasteiger partial charge is 0.476 e. The van der Waals surface area contributed by atoms with E-state index in [1.807, 2.05) is 0 Å². The topological polar surface area (TPSA) is 71.2 Å². The van der Waals surface area contributed by atoms with Gasteiger partial charge in [-0.1, -0.05) is 31.9 Å². The van der Waals surface area contributed by atoms with E-state index in [9.17, 15) is 4.79 Å². The van der Waals surface area contributed by atoms with Gasteiger partial charge in [-0.25, -0.2) is 4.79 Å². The summed E-state index contributed by atoms with van der Waals surface area (Å²) < 4.78 is 1.63. The van der Waals surface area contributed by atoms with Crippen LogP contribution in [0.3, 0.4) is 0 Å². The van der Waals surface area contributed by atoms with Crippen molar-refractivity contribution in [2.24, 2.45) is 5.92 Å². The van der Waals surface area contributed by atoms with Crippen molar-refractivity contribution in [3.05, 3.63) is 11.9 Å². The van der Waals surface area contributed by atoms with E-state index in [4.69, 9.17) is 5.11 Å². The molecule has 0 unspecified atom stereocenters. The normalized spacial score (nSPS) is 16.4. The first-order valence-corrected chi connectivity index (χ1v) is 7.43. The highest BCUT2D eigenvalue weighted by Crippen LogP contribution is 2.24. The molecule has 1 aliphatic rings. The minimum atomic E-state index is -1.02. The van der Waals surface area contributed by atoms with Crippen LogP contribution in [0.1, 0.15) is 50.0 Å². The molecule has 1 aliphatic carbocycles. The van der Waals surface area contributed by atoms with E-state index in [1.165, 1.54) is 31.9 Å². The number of carboxylic acid groups (broad SMARTS) is 1. The van der Waals surface area contributed by atoms with E-state index in [0.717, 1.165) is 13.1 Å². The van der Waals surface area contributed by atoms with Gasteiger partial charge in [-0.2, -0.15) is 0 Å². The van der Waals surface area contributed by atoms with Crippen LogP contribution in [0.4, 0.5) is 0 Å². The fourth-order valence-electron chi connectivity index (χ4n) is 2.90. The second-order valence-corrected chi connectivity index (χ2v) is 6.00. The first kappa shape index (κ1) is 15.0. The molecule has 0 spiro atoms. The van der Waals surface area contributed by atoms with Crippen molar-refractivity contribution in [3.8, 4) is 0 Å². The molecule has 0 aromatic carbocycles. The van der Waals surface area contributed by atoms with E-state index in [-0.39, 0.29) is 5.69 Å². The average molecular weight is 280 g/mol. The molecule has 0 aliphatic heterocycles. The lowest BCUT2D eigenvalue weighted by Gasteiger charge is -2.30. The van der Waals surface area contributed by atoms with Crippen molar-refractivity contribution in [2.45, 2.75) is 52.1 Å². The van der Waals surface area contributed by atoms with E-state index >= 15 is 0 Å². The zero-order valence-corrected chi connectivity index (χ0v) is 12.3. The van der Waals surface area contributed by atoms with Gasteiger partial charge in [0.05, 0.1) is 12.7 Å². The zero-order valence-electron chi connectivity index (χ0n) is 12.3. The molecule has 1 aromatic rings. The van der Waals surface area contributed by atoms with Crippen LogP contribution in [0, 0.1) is 5.92 Å². The molecule has 1 fully saturated rings.